The van der Waals surface area contributed by atoms with Gasteiger partial charge in [0.15, 0.2) is 0 Å². The largest absolute Gasteiger partial charge is 0.466 e. The summed E-state index contributed by atoms with van der Waals surface area (Å²) in [5.74, 6) is -0.190. The summed E-state index contributed by atoms with van der Waals surface area (Å²) in [5, 5.41) is 1.08. The van der Waals surface area contributed by atoms with Gasteiger partial charge in [0, 0.05) is 17.1 Å². The molecule has 3 nitrogen and oxygen atoms in total. The summed E-state index contributed by atoms with van der Waals surface area (Å²) in [6, 6.07) is 14.7. The predicted molar refractivity (Wildman–Crippen MR) is 88.8 cm³/mol. The SMILES string of the molecule is CCOC(=O)Cc1c[nH]c2ccc(-c3cccc(C)c3)cc12. The monoisotopic (exact) mass is 293 g/mol. The van der Waals surface area contributed by atoms with Crippen LogP contribution in [-0.4, -0.2) is 17.6 Å². The number of hydrogen-bond donors (Lipinski definition) is 1. The van der Waals surface area contributed by atoms with E-state index in [9.17, 15) is 4.79 Å². The molecule has 2 aromatic carbocycles. The van der Waals surface area contributed by atoms with Gasteiger partial charge < -0.3 is 9.72 Å². The molecule has 0 saturated carbocycles. The van der Waals surface area contributed by atoms with E-state index in [-0.39, 0.29) is 5.97 Å². The Morgan fingerprint density at radius 2 is 1.95 bits per heavy atom. The molecular weight excluding hydrogens is 274 g/mol. The van der Waals surface area contributed by atoms with E-state index < -0.39 is 0 Å². The van der Waals surface area contributed by atoms with Gasteiger partial charge in [-0.2, -0.15) is 0 Å². The normalized spacial score (nSPS) is 10.8. The van der Waals surface area contributed by atoms with Crippen LogP contribution >= 0.6 is 0 Å². The van der Waals surface area contributed by atoms with Crippen LogP contribution in [0, 0.1) is 6.92 Å². The quantitative estimate of drug-likeness (QED) is 0.731. The summed E-state index contributed by atoms with van der Waals surface area (Å²) in [6.45, 7) is 4.32. The lowest BCUT2D eigenvalue weighted by atomic mass is 10.0. The van der Waals surface area contributed by atoms with E-state index in [1.807, 2.05) is 13.1 Å². The molecule has 0 unspecified atom stereocenters. The molecule has 0 saturated heterocycles. The number of rotatable bonds is 4. The molecule has 0 aliphatic heterocycles. The number of hydrogen-bond acceptors (Lipinski definition) is 2. The van der Waals surface area contributed by atoms with Gasteiger partial charge in [-0.25, -0.2) is 0 Å². The van der Waals surface area contributed by atoms with E-state index in [0.717, 1.165) is 22.0 Å². The molecule has 3 aromatic rings. The van der Waals surface area contributed by atoms with E-state index in [0.29, 0.717) is 13.0 Å². The van der Waals surface area contributed by atoms with Crippen LogP contribution < -0.4 is 0 Å². The average Bonchev–Trinajstić information content (AvgIpc) is 2.90. The van der Waals surface area contributed by atoms with E-state index >= 15 is 0 Å². The molecule has 1 heterocycles. The molecule has 0 aliphatic rings. The highest BCUT2D eigenvalue weighted by Gasteiger charge is 2.10. The van der Waals surface area contributed by atoms with Crippen molar-refractivity contribution in [2.45, 2.75) is 20.3 Å². The molecule has 0 atom stereocenters. The fourth-order valence-electron chi connectivity index (χ4n) is 2.70. The highest BCUT2D eigenvalue weighted by molar-refractivity contribution is 5.90. The first-order chi connectivity index (χ1) is 10.7. The number of aryl methyl sites for hydroxylation is 1. The first kappa shape index (κ1) is 14.4. The lowest BCUT2D eigenvalue weighted by Gasteiger charge is -2.05. The fraction of sp³-hybridized carbons (Fsp3) is 0.211. The maximum absolute atomic E-state index is 11.7. The average molecular weight is 293 g/mol. The molecule has 112 valence electrons. The standard InChI is InChI=1S/C19H19NO2/c1-3-22-19(21)11-16-12-20-18-8-7-15(10-17(16)18)14-6-4-5-13(2)9-14/h4-10,12,20H,3,11H2,1-2H3. The van der Waals surface area contributed by atoms with Gasteiger partial charge in [0.2, 0.25) is 0 Å². The Kier molecular flexibility index (Phi) is 3.96. The van der Waals surface area contributed by atoms with Crippen LogP contribution in [-0.2, 0) is 16.0 Å². The van der Waals surface area contributed by atoms with E-state index in [1.165, 1.54) is 11.1 Å². The van der Waals surface area contributed by atoms with E-state index in [4.69, 9.17) is 4.74 Å². The Morgan fingerprint density at radius 1 is 1.14 bits per heavy atom. The van der Waals surface area contributed by atoms with Crippen molar-refractivity contribution in [3.8, 4) is 11.1 Å². The highest BCUT2D eigenvalue weighted by Crippen LogP contribution is 2.27. The fourth-order valence-corrected chi connectivity index (χ4v) is 2.70. The van der Waals surface area contributed by atoms with Gasteiger partial charge in [0.1, 0.15) is 0 Å². The third-order valence-electron chi connectivity index (χ3n) is 3.76. The number of H-pyrrole nitrogens is 1. The molecule has 0 amide bonds. The maximum atomic E-state index is 11.7. The number of fused-ring (bicyclic) bond motifs is 1. The van der Waals surface area contributed by atoms with Crippen molar-refractivity contribution in [3.63, 3.8) is 0 Å². The lowest BCUT2D eigenvalue weighted by Crippen LogP contribution is -2.06. The third kappa shape index (κ3) is 2.89. The number of carbonyl (C=O) groups excluding carboxylic acids is 1. The minimum absolute atomic E-state index is 0.190. The molecular formula is C19H19NO2. The summed E-state index contributed by atoms with van der Waals surface area (Å²) in [6.07, 6.45) is 2.19. The number of benzene rings is 2. The molecule has 0 spiro atoms. The molecule has 0 bridgehead atoms. The van der Waals surface area contributed by atoms with E-state index in [1.54, 1.807) is 0 Å². The van der Waals surface area contributed by atoms with Gasteiger partial charge in [0.25, 0.3) is 0 Å². The predicted octanol–water partition coefficient (Wildman–Crippen LogP) is 4.25. The van der Waals surface area contributed by atoms with Crippen molar-refractivity contribution < 1.29 is 9.53 Å². The number of aromatic nitrogens is 1. The molecule has 3 heteroatoms. The smallest absolute Gasteiger partial charge is 0.310 e. The number of aromatic amines is 1. The Balaban J connectivity index is 1.99. The van der Waals surface area contributed by atoms with Crippen LogP contribution in [0.15, 0.2) is 48.7 Å². The molecule has 3 rings (SSSR count). The minimum atomic E-state index is -0.190. The van der Waals surface area contributed by atoms with Gasteiger partial charge in [-0.1, -0.05) is 35.9 Å². The second-order valence-electron chi connectivity index (χ2n) is 5.43. The van der Waals surface area contributed by atoms with Crippen LogP contribution in [0.4, 0.5) is 0 Å². The number of esters is 1. The number of ether oxygens (including phenoxy) is 1. The maximum Gasteiger partial charge on any atom is 0.310 e. The van der Waals surface area contributed by atoms with Crippen molar-refractivity contribution >= 4 is 16.9 Å². The van der Waals surface area contributed by atoms with Crippen LogP contribution in [0.2, 0.25) is 0 Å². The second kappa shape index (κ2) is 6.06. The number of nitrogens with one attached hydrogen (secondary N) is 1. The van der Waals surface area contributed by atoms with Gasteiger partial charge in [-0.3, -0.25) is 4.79 Å². The van der Waals surface area contributed by atoms with Gasteiger partial charge in [-0.05, 0) is 42.7 Å². The summed E-state index contributed by atoms with van der Waals surface area (Å²) >= 11 is 0. The Labute approximate surface area is 129 Å². The van der Waals surface area contributed by atoms with Crippen molar-refractivity contribution in [2.75, 3.05) is 6.61 Å². The Hall–Kier alpha value is -2.55. The van der Waals surface area contributed by atoms with Crippen LogP contribution in [0.1, 0.15) is 18.1 Å². The molecule has 0 fully saturated rings. The van der Waals surface area contributed by atoms with Crippen molar-refractivity contribution in [2.24, 2.45) is 0 Å². The molecule has 0 aliphatic carbocycles. The topological polar surface area (TPSA) is 42.1 Å². The first-order valence-electron chi connectivity index (χ1n) is 7.50. The first-order valence-corrected chi connectivity index (χ1v) is 7.50. The Bertz CT molecular complexity index is 817. The zero-order valence-corrected chi connectivity index (χ0v) is 12.8. The summed E-state index contributed by atoms with van der Waals surface area (Å²) < 4.78 is 5.04. The minimum Gasteiger partial charge on any atom is -0.466 e. The molecule has 0 radical (unpaired) electrons. The van der Waals surface area contributed by atoms with Gasteiger partial charge in [-0.15, -0.1) is 0 Å². The molecule has 1 aromatic heterocycles. The van der Waals surface area contributed by atoms with Crippen LogP contribution in [0.25, 0.3) is 22.0 Å². The van der Waals surface area contributed by atoms with Crippen LogP contribution in [0.5, 0.6) is 0 Å². The third-order valence-corrected chi connectivity index (χ3v) is 3.76. The summed E-state index contributed by atoms with van der Waals surface area (Å²) in [5.41, 5.74) is 5.59. The van der Waals surface area contributed by atoms with E-state index in [2.05, 4.69) is 54.4 Å². The van der Waals surface area contributed by atoms with Crippen molar-refractivity contribution in [1.29, 1.82) is 0 Å². The number of carbonyl (C=O) groups is 1. The zero-order valence-electron chi connectivity index (χ0n) is 12.8. The second-order valence-corrected chi connectivity index (χ2v) is 5.43. The summed E-state index contributed by atoms with van der Waals surface area (Å²) in [7, 11) is 0. The van der Waals surface area contributed by atoms with Gasteiger partial charge in [0.05, 0.1) is 13.0 Å². The Morgan fingerprint density at radius 3 is 2.73 bits per heavy atom. The molecule has 22 heavy (non-hydrogen) atoms. The molecule has 1 N–H and O–H groups in total. The van der Waals surface area contributed by atoms with Crippen LogP contribution in [0.3, 0.4) is 0 Å². The lowest BCUT2D eigenvalue weighted by molar-refractivity contribution is -0.142. The van der Waals surface area contributed by atoms with Crippen molar-refractivity contribution in [3.05, 3.63) is 59.8 Å². The van der Waals surface area contributed by atoms with Crippen molar-refractivity contribution in [1.82, 2.24) is 4.98 Å². The zero-order chi connectivity index (χ0) is 15.5. The highest BCUT2D eigenvalue weighted by atomic mass is 16.5. The summed E-state index contributed by atoms with van der Waals surface area (Å²) in [4.78, 5) is 14.9. The van der Waals surface area contributed by atoms with Gasteiger partial charge >= 0.3 is 5.97 Å².